The number of carbonyl (C=O) groups is 1. The van der Waals surface area contributed by atoms with Gasteiger partial charge in [0.25, 0.3) is 5.91 Å². The van der Waals surface area contributed by atoms with E-state index in [1.165, 1.54) is 17.4 Å². The normalized spacial score (nSPS) is 10.8. The molecule has 0 aliphatic carbocycles. The van der Waals surface area contributed by atoms with Gasteiger partial charge in [-0.25, -0.2) is 8.78 Å². The van der Waals surface area contributed by atoms with Crippen molar-refractivity contribution in [2.45, 2.75) is 13.5 Å². The van der Waals surface area contributed by atoms with Gasteiger partial charge in [0.05, 0.1) is 14.9 Å². The maximum atomic E-state index is 13.2. The van der Waals surface area contributed by atoms with Crippen molar-refractivity contribution in [1.82, 2.24) is 9.78 Å². The van der Waals surface area contributed by atoms with Gasteiger partial charge in [-0.05, 0) is 37.3 Å². The minimum Gasteiger partial charge on any atom is -0.320 e. The lowest BCUT2D eigenvalue weighted by molar-refractivity contribution is 0.102. The van der Waals surface area contributed by atoms with Crippen LogP contribution < -0.4 is 5.32 Å². The molecular formula is C16H12ClF2N3OS. The maximum absolute atomic E-state index is 13.2. The first kappa shape index (κ1) is 16.6. The second kappa shape index (κ2) is 6.70. The molecule has 3 rings (SSSR count). The molecule has 8 heteroatoms. The molecule has 0 atom stereocenters. The second-order valence-corrected chi connectivity index (χ2v) is 6.63. The van der Waals surface area contributed by atoms with Crippen molar-refractivity contribution in [2.75, 3.05) is 5.32 Å². The summed E-state index contributed by atoms with van der Waals surface area (Å²) in [6, 6.07) is 8.43. The molecule has 1 aromatic carbocycles. The predicted octanol–water partition coefficient (Wildman–Crippen LogP) is 4.82. The number of carbonyl (C=O) groups excluding carboxylic acids is 1. The summed E-state index contributed by atoms with van der Waals surface area (Å²) in [5.41, 5.74) is 1.11. The van der Waals surface area contributed by atoms with E-state index < -0.39 is 17.5 Å². The van der Waals surface area contributed by atoms with Crippen LogP contribution in [0.1, 0.15) is 17.4 Å². The highest BCUT2D eigenvalue weighted by molar-refractivity contribution is 7.19. The van der Waals surface area contributed by atoms with Crippen LogP contribution in [0.15, 0.2) is 36.4 Å². The lowest BCUT2D eigenvalue weighted by Crippen LogP contribution is -2.13. The Hall–Kier alpha value is -2.25. The quantitative estimate of drug-likeness (QED) is 0.719. The van der Waals surface area contributed by atoms with E-state index in [1.54, 1.807) is 16.8 Å². The third-order valence-electron chi connectivity index (χ3n) is 3.32. The van der Waals surface area contributed by atoms with Gasteiger partial charge in [-0.15, -0.1) is 11.3 Å². The van der Waals surface area contributed by atoms with E-state index in [-0.39, 0.29) is 11.4 Å². The third-order valence-corrected chi connectivity index (χ3v) is 4.57. The van der Waals surface area contributed by atoms with E-state index in [0.29, 0.717) is 10.9 Å². The summed E-state index contributed by atoms with van der Waals surface area (Å²) in [6.07, 6.45) is 0. The van der Waals surface area contributed by atoms with Crippen molar-refractivity contribution in [3.05, 3.63) is 58.1 Å². The van der Waals surface area contributed by atoms with Gasteiger partial charge in [-0.2, -0.15) is 5.10 Å². The number of aryl methyl sites for hydroxylation is 1. The fourth-order valence-corrected chi connectivity index (χ4v) is 3.25. The average molecular weight is 368 g/mol. The number of thiophene rings is 1. The van der Waals surface area contributed by atoms with E-state index >= 15 is 0 Å². The van der Waals surface area contributed by atoms with Crippen LogP contribution in [0.2, 0.25) is 4.34 Å². The third kappa shape index (κ3) is 3.32. The summed E-state index contributed by atoms with van der Waals surface area (Å²) in [6.45, 7) is 2.48. The number of amides is 1. The van der Waals surface area contributed by atoms with Crippen molar-refractivity contribution < 1.29 is 13.6 Å². The molecule has 1 N–H and O–H groups in total. The van der Waals surface area contributed by atoms with Crippen LogP contribution >= 0.6 is 22.9 Å². The molecule has 0 aliphatic rings. The van der Waals surface area contributed by atoms with E-state index in [4.69, 9.17) is 11.6 Å². The first-order valence-corrected chi connectivity index (χ1v) is 8.27. The number of nitrogens with zero attached hydrogens (tertiary/aromatic N) is 2. The summed E-state index contributed by atoms with van der Waals surface area (Å²) in [4.78, 5) is 13.2. The largest absolute Gasteiger partial charge is 0.320 e. The molecule has 0 unspecified atom stereocenters. The predicted molar refractivity (Wildman–Crippen MR) is 90.5 cm³/mol. The van der Waals surface area contributed by atoms with E-state index in [0.717, 1.165) is 22.7 Å². The van der Waals surface area contributed by atoms with Crippen molar-refractivity contribution in [1.29, 1.82) is 0 Å². The first-order valence-electron chi connectivity index (χ1n) is 7.08. The topological polar surface area (TPSA) is 46.9 Å². The standard InChI is InChI=1S/C16H12ClF2N3OS/c1-2-22-13(14-5-6-15(17)24-14)8-12(21-22)16(23)20-9-3-4-10(18)11(19)7-9/h3-8H,2H2,1H3,(H,20,23). The molecule has 0 saturated heterocycles. The Labute approximate surface area is 145 Å². The van der Waals surface area contributed by atoms with Crippen LogP contribution in [-0.4, -0.2) is 15.7 Å². The number of benzene rings is 1. The maximum Gasteiger partial charge on any atom is 0.276 e. The van der Waals surface area contributed by atoms with Gasteiger partial charge in [0.1, 0.15) is 0 Å². The second-order valence-electron chi connectivity index (χ2n) is 4.92. The van der Waals surface area contributed by atoms with Gasteiger partial charge in [-0.1, -0.05) is 11.6 Å². The molecule has 0 bridgehead atoms. The van der Waals surface area contributed by atoms with Crippen molar-refractivity contribution >= 4 is 34.5 Å². The summed E-state index contributed by atoms with van der Waals surface area (Å²) in [7, 11) is 0. The van der Waals surface area contributed by atoms with Crippen LogP contribution in [0, 0.1) is 11.6 Å². The van der Waals surface area contributed by atoms with Crippen LogP contribution in [0.5, 0.6) is 0 Å². The number of aromatic nitrogens is 2. The fourth-order valence-electron chi connectivity index (χ4n) is 2.19. The SMILES string of the molecule is CCn1nc(C(=O)Nc2ccc(F)c(F)c2)cc1-c1ccc(Cl)s1. The fraction of sp³-hybridized carbons (Fsp3) is 0.125. The molecule has 24 heavy (non-hydrogen) atoms. The van der Waals surface area contributed by atoms with Crippen LogP contribution in [0.4, 0.5) is 14.5 Å². The minimum absolute atomic E-state index is 0.158. The highest BCUT2D eigenvalue weighted by atomic mass is 35.5. The number of rotatable bonds is 4. The summed E-state index contributed by atoms with van der Waals surface area (Å²) >= 11 is 7.34. The van der Waals surface area contributed by atoms with Crippen LogP contribution in [0.25, 0.3) is 10.6 Å². The van der Waals surface area contributed by atoms with Crippen molar-refractivity contribution in [3.8, 4) is 10.6 Å². The molecule has 2 heterocycles. The van der Waals surface area contributed by atoms with E-state index in [1.807, 2.05) is 13.0 Å². The van der Waals surface area contributed by atoms with Gasteiger partial charge in [0.2, 0.25) is 0 Å². The minimum atomic E-state index is -1.03. The lowest BCUT2D eigenvalue weighted by atomic mass is 10.2. The molecule has 4 nitrogen and oxygen atoms in total. The zero-order valence-corrected chi connectivity index (χ0v) is 14.1. The summed E-state index contributed by atoms with van der Waals surface area (Å²) in [5, 5.41) is 6.75. The number of hydrogen-bond donors (Lipinski definition) is 1. The zero-order chi connectivity index (χ0) is 17.3. The van der Waals surface area contributed by atoms with Gasteiger partial charge in [-0.3, -0.25) is 9.48 Å². The lowest BCUT2D eigenvalue weighted by Gasteiger charge is -2.03. The average Bonchev–Trinajstić information content (AvgIpc) is 3.16. The first-order chi connectivity index (χ1) is 11.5. The van der Waals surface area contributed by atoms with Gasteiger partial charge in [0.15, 0.2) is 17.3 Å². The smallest absolute Gasteiger partial charge is 0.276 e. The molecule has 0 spiro atoms. The van der Waals surface area contributed by atoms with Crippen LogP contribution in [-0.2, 0) is 6.54 Å². The molecule has 0 saturated carbocycles. The Kier molecular flexibility index (Phi) is 4.64. The molecule has 124 valence electrons. The molecule has 3 aromatic rings. The van der Waals surface area contributed by atoms with E-state index in [9.17, 15) is 13.6 Å². The molecule has 0 radical (unpaired) electrons. The zero-order valence-electron chi connectivity index (χ0n) is 12.5. The Morgan fingerprint density at radius 3 is 2.67 bits per heavy atom. The number of nitrogens with one attached hydrogen (secondary N) is 1. The van der Waals surface area contributed by atoms with E-state index in [2.05, 4.69) is 10.4 Å². The number of halogens is 3. The van der Waals surface area contributed by atoms with Gasteiger partial charge >= 0.3 is 0 Å². The molecule has 0 aliphatic heterocycles. The monoisotopic (exact) mass is 367 g/mol. The Bertz CT molecular complexity index is 907. The molecule has 1 amide bonds. The molecule has 2 aromatic heterocycles. The summed E-state index contributed by atoms with van der Waals surface area (Å²) < 4.78 is 28.5. The highest BCUT2D eigenvalue weighted by Crippen LogP contribution is 2.31. The molecule has 0 fully saturated rings. The number of hydrogen-bond acceptors (Lipinski definition) is 3. The highest BCUT2D eigenvalue weighted by Gasteiger charge is 2.17. The Balaban J connectivity index is 1.87. The van der Waals surface area contributed by atoms with Gasteiger partial charge < -0.3 is 5.32 Å². The Morgan fingerprint density at radius 1 is 1.25 bits per heavy atom. The number of anilines is 1. The van der Waals surface area contributed by atoms with Gasteiger partial charge in [0, 0.05) is 18.3 Å². The summed E-state index contributed by atoms with van der Waals surface area (Å²) in [5.74, 6) is -2.50. The van der Waals surface area contributed by atoms with Crippen LogP contribution in [0.3, 0.4) is 0 Å². The Morgan fingerprint density at radius 2 is 2.04 bits per heavy atom. The van der Waals surface area contributed by atoms with Crippen molar-refractivity contribution in [2.24, 2.45) is 0 Å². The van der Waals surface area contributed by atoms with Crippen molar-refractivity contribution in [3.63, 3.8) is 0 Å². The molecular weight excluding hydrogens is 356 g/mol.